The molecule has 0 bridgehead atoms. The fourth-order valence-corrected chi connectivity index (χ4v) is 2.28. The Morgan fingerprint density at radius 1 is 1.28 bits per heavy atom. The maximum Gasteiger partial charge on any atom is 0.166 e. The molecule has 0 unspecified atom stereocenters. The van der Waals surface area contributed by atoms with E-state index in [9.17, 15) is 5.11 Å². The molecule has 5 heteroatoms. The zero-order chi connectivity index (χ0) is 13.0. The van der Waals surface area contributed by atoms with Crippen molar-refractivity contribution in [3.8, 4) is 5.75 Å². The number of nitrogens with zero attached hydrogens (tertiary/aromatic N) is 2. The average Bonchev–Trinajstić information content (AvgIpc) is 2.38. The molecule has 0 fully saturated rings. The number of hydrogen-bond acceptors (Lipinski definition) is 4. The topological polar surface area (TPSA) is 55.2 Å². The summed E-state index contributed by atoms with van der Waals surface area (Å²) in [7, 11) is 0. The zero-order valence-corrected chi connectivity index (χ0v) is 11.5. The molecule has 2 aromatic rings. The molecule has 0 saturated carbocycles. The second-order valence-electron chi connectivity index (χ2n) is 3.82. The zero-order valence-electron chi connectivity index (χ0n) is 9.93. The standard InChI is InChI=1S/C13H13BrN2O2/c1-9-5-11(14)6-10(7-17)13(9)18-8-12-15-3-2-4-16-12/h2-6,17H,7-8H2,1H3. The number of halogens is 1. The lowest BCUT2D eigenvalue weighted by atomic mass is 10.1. The molecule has 2 rings (SSSR count). The van der Waals surface area contributed by atoms with Gasteiger partial charge in [-0.05, 0) is 30.7 Å². The van der Waals surface area contributed by atoms with Crippen molar-refractivity contribution in [1.29, 1.82) is 0 Å². The lowest BCUT2D eigenvalue weighted by Crippen LogP contribution is -2.04. The van der Waals surface area contributed by atoms with Gasteiger partial charge in [0.25, 0.3) is 0 Å². The summed E-state index contributed by atoms with van der Waals surface area (Å²) in [4.78, 5) is 8.18. The molecule has 0 aliphatic rings. The van der Waals surface area contributed by atoms with Crippen LogP contribution in [0.4, 0.5) is 0 Å². The number of rotatable bonds is 4. The van der Waals surface area contributed by atoms with Crippen molar-refractivity contribution in [2.75, 3.05) is 0 Å². The minimum absolute atomic E-state index is 0.0642. The van der Waals surface area contributed by atoms with Crippen LogP contribution in [0.3, 0.4) is 0 Å². The van der Waals surface area contributed by atoms with Crippen molar-refractivity contribution >= 4 is 15.9 Å². The molecule has 1 aromatic heterocycles. The van der Waals surface area contributed by atoms with Crippen molar-refractivity contribution in [1.82, 2.24) is 9.97 Å². The monoisotopic (exact) mass is 308 g/mol. The van der Waals surface area contributed by atoms with Crippen LogP contribution in [-0.4, -0.2) is 15.1 Å². The largest absolute Gasteiger partial charge is 0.485 e. The summed E-state index contributed by atoms with van der Waals surface area (Å²) < 4.78 is 6.62. The second-order valence-corrected chi connectivity index (χ2v) is 4.74. The van der Waals surface area contributed by atoms with Gasteiger partial charge in [-0.15, -0.1) is 0 Å². The van der Waals surface area contributed by atoms with Crippen LogP contribution in [-0.2, 0) is 13.2 Å². The summed E-state index contributed by atoms with van der Waals surface area (Å²) in [5.41, 5.74) is 1.71. The molecule has 0 spiro atoms. The number of hydrogen-bond donors (Lipinski definition) is 1. The molecule has 1 aromatic carbocycles. The number of benzene rings is 1. The minimum Gasteiger partial charge on any atom is -0.485 e. The van der Waals surface area contributed by atoms with Crippen molar-refractivity contribution in [2.24, 2.45) is 0 Å². The Labute approximate surface area is 114 Å². The van der Waals surface area contributed by atoms with E-state index >= 15 is 0 Å². The van der Waals surface area contributed by atoms with Crippen molar-refractivity contribution in [3.63, 3.8) is 0 Å². The van der Waals surface area contributed by atoms with E-state index in [1.54, 1.807) is 18.5 Å². The Morgan fingerprint density at radius 2 is 2.00 bits per heavy atom. The van der Waals surface area contributed by atoms with Crippen LogP contribution in [0.2, 0.25) is 0 Å². The van der Waals surface area contributed by atoms with Gasteiger partial charge in [0.05, 0.1) is 6.61 Å². The van der Waals surface area contributed by atoms with Crippen LogP contribution in [0.1, 0.15) is 17.0 Å². The second kappa shape index (κ2) is 5.93. The van der Waals surface area contributed by atoms with Gasteiger partial charge < -0.3 is 9.84 Å². The molecular formula is C13H13BrN2O2. The van der Waals surface area contributed by atoms with E-state index < -0.39 is 0 Å². The first-order valence-corrected chi connectivity index (χ1v) is 6.28. The van der Waals surface area contributed by atoms with Gasteiger partial charge >= 0.3 is 0 Å². The highest BCUT2D eigenvalue weighted by atomic mass is 79.9. The van der Waals surface area contributed by atoms with Gasteiger partial charge in [-0.2, -0.15) is 0 Å². The summed E-state index contributed by atoms with van der Waals surface area (Å²) in [6.07, 6.45) is 3.35. The highest BCUT2D eigenvalue weighted by molar-refractivity contribution is 9.10. The Bertz CT molecular complexity index is 532. The summed E-state index contributed by atoms with van der Waals surface area (Å²) in [5.74, 6) is 1.30. The summed E-state index contributed by atoms with van der Waals surface area (Å²) >= 11 is 3.39. The van der Waals surface area contributed by atoms with Crippen LogP contribution in [0.5, 0.6) is 5.75 Å². The van der Waals surface area contributed by atoms with Gasteiger partial charge in [-0.25, -0.2) is 9.97 Å². The molecule has 4 nitrogen and oxygen atoms in total. The number of ether oxygens (including phenoxy) is 1. The van der Waals surface area contributed by atoms with E-state index in [0.29, 0.717) is 11.6 Å². The van der Waals surface area contributed by atoms with Crippen LogP contribution in [0, 0.1) is 6.92 Å². The molecule has 18 heavy (non-hydrogen) atoms. The third-order valence-electron chi connectivity index (χ3n) is 2.45. The van der Waals surface area contributed by atoms with Gasteiger partial charge in [-0.3, -0.25) is 0 Å². The molecule has 1 heterocycles. The lowest BCUT2D eigenvalue weighted by molar-refractivity contribution is 0.254. The van der Waals surface area contributed by atoms with Gasteiger partial charge in [0, 0.05) is 22.4 Å². The normalized spacial score (nSPS) is 10.4. The molecule has 94 valence electrons. The highest BCUT2D eigenvalue weighted by Crippen LogP contribution is 2.28. The predicted octanol–water partition coefficient (Wildman–Crippen LogP) is 2.62. The van der Waals surface area contributed by atoms with Gasteiger partial charge in [0.15, 0.2) is 5.82 Å². The summed E-state index contributed by atoms with van der Waals surface area (Å²) in [6.45, 7) is 2.16. The fourth-order valence-electron chi connectivity index (χ4n) is 1.66. The Balaban J connectivity index is 2.19. The minimum atomic E-state index is -0.0642. The Kier molecular flexibility index (Phi) is 4.28. The third kappa shape index (κ3) is 3.05. The van der Waals surface area contributed by atoms with E-state index in [0.717, 1.165) is 15.6 Å². The first-order chi connectivity index (χ1) is 8.70. The Morgan fingerprint density at radius 3 is 2.67 bits per heavy atom. The van der Waals surface area contributed by atoms with E-state index in [2.05, 4.69) is 25.9 Å². The summed E-state index contributed by atoms with van der Waals surface area (Å²) in [6, 6.07) is 5.54. The molecular weight excluding hydrogens is 296 g/mol. The Hall–Kier alpha value is -1.46. The molecule has 0 atom stereocenters. The number of aliphatic hydroxyl groups excluding tert-OH is 1. The third-order valence-corrected chi connectivity index (χ3v) is 2.91. The predicted molar refractivity (Wildman–Crippen MR) is 71.2 cm³/mol. The lowest BCUT2D eigenvalue weighted by Gasteiger charge is -2.13. The average molecular weight is 309 g/mol. The van der Waals surface area contributed by atoms with E-state index in [1.807, 2.05) is 19.1 Å². The fraction of sp³-hybridized carbons (Fsp3) is 0.231. The first-order valence-electron chi connectivity index (χ1n) is 5.49. The van der Waals surface area contributed by atoms with Crippen LogP contribution >= 0.6 is 15.9 Å². The van der Waals surface area contributed by atoms with Crippen LogP contribution in [0.15, 0.2) is 35.1 Å². The van der Waals surface area contributed by atoms with Crippen molar-refractivity contribution in [2.45, 2.75) is 20.1 Å². The van der Waals surface area contributed by atoms with E-state index in [1.165, 1.54) is 0 Å². The van der Waals surface area contributed by atoms with E-state index in [4.69, 9.17) is 4.74 Å². The van der Waals surface area contributed by atoms with Crippen molar-refractivity contribution < 1.29 is 9.84 Å². The van der Waals surface area contributed by atoms with Crippen LogP contribution in [0.25, 0.3) is 0 Å². The molecule has 1 N–H and O–H groups in total. The highest BCUT2D eigenvalue weighted by Gasteiger charge is 2.09. The number of aliphatic hydroxyl groups is 1. The van der Waals surface area contributed by atoms with Crippen LogP contribution < -0.4 is 4.74 Å². The SMILES string of the molecule is Cc1cc(Br)cc(CO)c1OCc1ncccn1. The first kappa shape index (κ1) is 13.0. The quantitative estimate of drug-likeness (QED) is 0.943. The van der Waals surface area contributed by atoms with Gasteiger partial charge in [-0.1, -0.05) is 15.9 Å². The molecule has 0 aliphatic heterocycles. The van der Waals surface area contributed by atoms with Gasteiger partial charge in [0.1, 0.15) is 12.4 Å². The van der Waals surface area contributed by atoms with Crippen molar-refractivity contribution in [3.05, 3.63) is 52.0 Å². The molecule has 0 aliphatic carbocycles. The van der Waals surface area contributed by atoms with E-state index in [-0.39, 0.29) is 13.2 Å². The maximum absolute atomic E-state index is 9.33. The maximum atomic E-state index is 9.33. The summed E-state index contributed by atoms with van der Waals surface area (Å²) in [5, 5.41) is 9.33. The number of aromatic nitrogens is 2. The smallest absolute Gasteiger partial charge is 0.166 e. The molecule has 0 amide bonds. The molecule has 0 saturated heterocycles. The molecule has 0 radical (unpaired) electrons. The number of aryl methyl sites for hydroxylation is 1. The van der Waals surface area contributed by atoms with Gasteiger partial charge in [0.2, 0.25) is 0 Å².